The van der Waals surface area contributed by atoms with E-state index in [4.69, 9.17) is 0 Å². The fourth-order valence-electron chi connectivity index (χ4n) is 2.80. The van der Waals surface area contributed by atoms with Crippen LogP contribution in [0, 0.1) is 0 Å². The van der Waals surface area contributed by atoms with Crippen molar-refractivity contribution in [2.45, 2.75) is 43.5 Å². The van der Waals surface area contributed by atoms with Gasteiger partial charge in [0.05, 0.1) is 10.6 Å². The van der Waals surface area contributed by atoms with Crippen molar-refractivity contribution in [2.24, 2.45) is 0 Å². The van der Waals surface area contributed by atoms with E-state index >= 15 is 0 Å². The summed E-state index contributed by atoms with van der Waals surface area (Å²) in [6.07, 6.45) is 4.46. The Morgan fingerprint density at radius 1 is 1.24 bits per heavy atom. The molecular formula is C16H26N2O2S. The summed E-state index contributed by atoms with van der Waals surface area (Å²) in [6, 6.07) is 7.72. The summed E-state index contributed by atoms with van der Waals surface area (Å²) in [7, 11) is -0.935. The SMILES string of the molecule is CCCS(=O)(=O)c1ccc(NCC2CCCCN2C)cc1. The first-order chi connectivity index (χ1) is 10.0. The zero-order valence-corrected chi connectivity index (χ0v) is 13.8. The zero-order valence-electron chi connectivity index (χ0n) is 13.0. The number of anilines is 1. The molecule has 21 heavy (non-hydrogen) atoms. The quantitative estimate of drug-likeness (QED) is 0.878. The number of sulfone groups is 1. The van der Waals surface area contributed by atoms with Crippen molar-refractivity contribution in [3.63, 3.8) is 0 Å². The van der Waals surface area contributed by atoms with Gasteiger partial charge in [-0.3, -0.25) is 0 Å². The molecule has 4 nitrogen and oxygen atoms in total. The number of nitrogens with zero attached hydrogens (tertiary/aromatic N) is 1. The van der Waals surface area contributed by atoms with Crippen LogP contribution in [0.5, 0.6) is 0 Å². The maximum atomic E-state index is 12.0. The van der Waals surface area contributed by atoms with E-state index in [1.165, 1.54) is 25.8 Å². The number of likely N-dealkylation sites (N-methyl/N-ethyl adjacent to an activating group) is 1. The maximum absolute atomic E-state index is 12.0. The molecule has 0 spiro atoms. The molecule has 0 aliphatic carbocycles. The smallest absolute Gasteiger partial charge is 0.178 e. The van der Waals surface area contributed by atoms with Gasteiger partial charge in [0.15, 0.2) is 9.84 Å². The molecule has 0 aromatic heterocycles. The van der Waals surface area contributed by atoms with E-state index in [-0.39, 0.29) is 5.75 Å². The summed E-state index contributed by atoms with van der Waals surface area (Å²) in [5.41, 5.74) is 0.990. The Kier molecular flexibility index (Phi) is 5.65. The van der Waals surface area contributed by atoms with Crippen LogP contribution in [0.3, 0.4) is 0 Å². The number of hydrogen-bond donors (Lipinski definition) is 1. The Balaban J connectivity index is 1.93. The van der Waals surface area contributed by atoms with Crippen LogP contribution in [-0.4, -0.2) is 45.2 Å². The van der Waals surface area contributed by atoms with E-state index in [1.54, 1.807) is 12.1 Å². The molecule has 1 fully saturated rings. The van der Waals surface area contributed by atoms with E-state index in [1.807, 2.05) is 19.1 Å². The summed E-state index contributed by atoms with van der Waals surface area (Å²) in [6.45, 7) is 3.96. The van der Waals surface area contributed by atoms with Crippen molar-refractivity contribution >= 4 is 15.5 Å². The second-order valence-corrected chi connectivity index (χ2v) is 7.96. The first-order valence-electron chi connectivity index (χ1n) is 7.80. The summed E-state index contributed by atoms with van der Waals surface area (Å²) in [5.74, 6) is 0.215. The Bertz CT molecular complexity index is 540. The van der Waals surface area contributed by atoms with Gasteiger partial charge in [0.25, 0.3) is 0 Å². The van der Waals surface area contributed by atoms with Crippen LogP contribution in [0.25, 0.3) is 0 Å². The molecule has 1 atom stereocenters. The van der Waals surface area contributed by atoms with E-state index in [0.717, 1.165) is 12.2 Å². The number of rotatable bonds is 6. The molecule has 1 heterocycles. The molecule has 1 aliphatic heterocycles. The molecule has 0 saturated carbocycles. The minimum Gasteiger partial charge on any atom is -0.383 e. The molecule has 118 valence electrons. The number of nitrogens with one attached hydrogen (secondary N) is 1. The van der Waals surface area contributed by atoms with Gasteiger partial charge in [-0.05, 0) is 57.1 Å². The Morgan fingerprint density at radius 3 is 2.57 bits per heavy atom. The molecule has 1 aromatic rings. The van der Waals surface area contributed by atoms with Gasteiger partial charge in [-0.15, -0.1) is 0 Å². The minimum atomic E-state index is -3.11. The van der Waals surface area contributed by atoms with Crippen molar-refractivity contribution < 1.29 is 8.42 Å². The van der Waals surface area contributed by atoms with Crippen LogP contribution in [0.2, 0.25) is 0 Å². The third-order valence-electron chi connectivity index (χ3n) is 4.15. The standard InChI is InChI=1S/C16H26N2O2S/c1-3-12-21(19,20)16-9-7-14(8-10-16)17-13-15-6-4-5-11-18(15)2/h7-10,15,17H,3-6,11-13H2,1-2H3. The highest BCUT2D eigenvalue weighted by Gasteiger charge is 2.18. The summed E-state index contributed by atoms with van der Waals surface area (Å²) in [4.78, 5) is 2.82. The van der Waals surface area contributed by atoms with Crippen LogP contribution in [0.15, 0.2) is 29.2 Å². The molecule has 1 N–H and O–H groups in total. The highest BCUT2D eigenvalue weighted by atomic mass is 32.2. The summed E-state index contributed by atoms with van der Waals surface area (Å²) >= 11 is 0. The topological polar surface area (TPSA) is 49.4 Å². The third-order valence-corrected chi connectivity index (χ3v) is 6.09. The Labute approximate surface area is 128 Å². The van der Waals surface area contributed by atoms with E-state index in [0.29, 0.717) is 17.4 Å². The van der Waals surface area contributed by atoms with Gasteiger partial charge >= 0.3 is 0 Å². The van der Waals surface area contributed by atoms with Crippen molar-refractivity contribution in [3.05, 3.63) is 24.3 Å². The van der Waals surface area contributed by atoms with Crippen LogP contribution in [0.1, 0.15) is 32.6 Å². The Hall–Kier alpha value is -1.07. The molecule has 0 bridgehead atoms. The largest absolute Gasteiger partial charge is 0.383 e. The highest BCUT2D eigenvalue weighted by molar-refractivity contribution is 7.91. The van der Waals surface area contributed by atoms with Gasteiger partial charge in [-0.2, -0.15) is 0 Å². The van der Waals surface area contributed by atoms with Crippen LogP contribution in [0.4, 0.5) is 5.69 Å². The van der Waals surface area contributed by atoms with E-state index in [9.17, 15) is 8.42 Å². The van der Waals surface area contributed by atoms with Gasteiger partial charge in [0, 0.05) is 18.3 Å². The van der Waals surface area contributed by atoms with Crippen LogP contribution < -0.4 is 5.32 Å². The van der Waals surface area contributed by atoms with Gasteiger partial charge < -0.3 is 10.2 Å². The van der Waals surface area contributed by atoms with Crippen molar-refractivity contribution in [1.29, 1.82) is 0 Å². The minimum absolute atomic E-state index is 0.215. The number of likely N-dealkylation sites (tertiary alicyclic amines) is 1. The fraction of sp³-hybridized carbons (Fsp3) is 0.625. The second-order valence-electron chi connectivity index (χ2n) is 5.85. The van der Waals surface area contributed by atoms with Crippen LogP contribution >= 0.6 is 0 Å². The molecule has 0 radical (unpaired) electrons. The lowest BCUT2D eigenvalue weighted by Gasteiger charge is -2.32. The Morgan fingerprint density at radius 2 is 1.95 bits per heavy atom. The monoisotopic (exact) mass is 310 g/mol. The first kappa shape index (κ1) is 16.3. The first-order valence-corrected chi connectivity index (χ1v) is 9.45. The van der Waals surface area contributed by atoms with Gasteiger partial charge in [-0.1, -0.05) is 13.3 Å². The summed E-state index contributed by atoms with van der Waals surface area (Å²) < 4.78 is 23.9. The van der Waals surface area contributed by atoms with Gasteiger partial charge in [-0.25, -0.2) is 8.42 Å². The zero-order chi connectivity index (χ0) is 15.3. The lowest BCUT2D eigenvalue weighted by molar-refractivity contribution is 0.194. The predicted octanol–water partition coefficient (Wildman–Crippen LogP) is 2.77. The molecule has 1 unspecified atom stereocenters. The normalized spacial score (nSPS) is 20.4. The third kappa shape index (κ3) is 4.45. The van der Waals surface area contributed by atoms with Crippen molar-refractivity contribution in [1.82, 2.24) is 4.90 Å². The highest BCUT2D eigenvalue weighted by Crippen LogP contribution is 2.18. The second kappa shape index (κ2) is 7.27. The molecule has 1 saturated heterocycles. The number of benzene rings is 1. The van der Waals surface area contributed by atoms with E-state index in [2.05, 4.69) is 17.3 Å². The number of hydrogen-bond acceptors (Lipinski definition) is 4. The predicted molar refractivity (Wildman–Crippen MR) is 87.5 cm³/mol. The molecular weight excluding hydrogens is 284 g/mol. The molecule has 5 heteroatoms. The molecule has 1 aromatic carbocycles. The summed E-state index contributed by atoms with van der Waals surface area (Å²) in [5, 5.41) is 3.42. The lowest BCUT2D eigenvalue weighted by Crippen LogP contribution is -2.40. The molecule has 2 rings (SSSR count). The lowest BCUT2D eigenvalue weighted by atomic mass is 10.0. The van der Waals surface area contributed by atoms with Gasteiger partial charge in [0.1, 0.15) is 0 Å². The van der Waals surface area contributed by atoms with Crippen molar-refractivity contribution in [2.75, 3.05) is 31.2 Å². The fourth-order valence-corrected chi connectivity index (χ4v) is 4.13. The maximum Gasteiger partial charge on any atom is 0.178 e. The molecule has 0 amide bonds. The average molecular weight is 310 g/mol. The van der Waals surface area contributed by atoms with Gasteiger partial charge in [0.2, 0.25) is 0 Å². The number of piperidine rings is 1. The van der Waals surface area contributed by atoms with E-state index < -0.39 is 9.84 Å². The van der Waals surface area contributed by atoms with Crippen molar-refractivity contribution in [3.8, 4) is 0 Å². The van der Waals surface area contributed by atoms with Crippen LogP contribution in [-0.2, 0) is 9.84 Å². The molecule has 1 aliphatic rings. The average Bonchev–Trinajstić information content (AvgIpc) is 2.47.